The predicted molar refractivity (Wildman–Crippen MR) is 72.8 cm³/mol. The molecule has 2 atom stereocenters. The van der Waals surface area contributed by atoms with E-state index in [-0.39, 0.29) is 0 Å². The molecule has 1 aliphatic rings. The van der Waals surface area contributed by atoms with Crippen LogP contribution >= 0.6 is 0 Å². The van der Waals surface area contributed by atoms with Crippen molar-refractivity contribution in [3.63, 3.8) is 0 Å². The van der Waals surface area contributed by atoms with Crippen LogP contribution in [-0.2, 0) is 0 Å². The van der Waals surface area contributed by atoms with Crippen molar-refractivity contribution in [2.75, 3.05) is 26.2 Å². The van der Waals surface area contributed by atoms with Crippen molar-refractivity contribution < 1.29 is 9.84 Å². The zero-order valence-electron chi connectivity index (χ0n) is 11.1. The van der Waals surface area contributed by atoms with E-state index in [1.807, 2.05) is 30.3 Å². The lowest BCUT2D eigenvalue weighted by Gasteiger charge is -2.32. The second kappa shape index (κ2) is 6.76. The summed E-state index contributed by atoms with van der Waals surface area (Å²) in [6, 6.07) is 9.66. The molecule has 1 aliphatic heterocycles. The number of nitrogens with zero attached hydrogens (tertiary/aromatic N) is 1. The van der Waals surface area contributed by atoms with Gasteiger partial charge >= 0.3 is 0 Å². The highest BCUT2D eigenvalue weighted by Gasteiger charge is 2.18. The van der Waals surface area contributed by atoms with Crippen LogP contribution in [0.2, 0.25) is 0 Å². The SMILES string of the molecule is C[C@@H]1CCCN(C[C@H](O)COc2ccccc2)C1. The highest BCUT2D eigenvalue weighted by atomic mass is 16.5. The maximum Gasteiger partial charge on any atom is 0.119 e. The van der Waals surface area contributed by atoms with E-state index in [4.69, 9.17) is 4.74 Å². The minimum Gasteiger partial charge on any atom is -0.491 e. The van der Waals surface area contributed by atoms with Crippen LogP contribution in [0.5, 0.6) is 5.75 Å². The standard InChI is InChI=1S/C15H23NO2/c1-13-6-5-9-16(10-13)11-14(17)12-18-15-7-3-2-4-8-15/h2-4,7-8,13-14,17H,5-6,9-12H2,1H3/t13-,14+/m1/s1. The average molecular weight is 249 g/mol. The predicted octanol–water partition coefficient (Wildman–Crippen LogP) is 2.16. The molecule has 1 heterocycles. The van der Waals surface area contributed by atoms with Crippen molar-refractivity contribution in [1.82, 2.24) is 4.90 Å². The Morgan fingerprint density at radius 3 is 2.89 bits per heavy atom. The number of likely N-dealkylation sites (tertiary alicyclic amines) is 1. The molecule has 1 fully saturated rings. The number of aliphatic hydroxyl groups excluding tert-OH is 1. The summed E-state index contributed by atoms with van der Waals surface area (Å²) in [5, 5.41) is 9.98. The number of β-amino-alcohol motifs (C(OH)–C–C–N with tert-alkyl or cyclic N) is 1. The van der Waals surface area contributed by atoms with Gasteiger partial charge < -0.3 is 14.7 Å². The van der Waals surface area contributed by atoms with Gasteiger partial charge in [-0.3, -0.25) is 0 Å². The van der Waals surface area contributed by atoms with Crippen LogP contribution in [0.15, 0.2) is 30.3 Å². The molecule has 0 spiro atoms. The minimum absolute atomic E-state index is 0.370. The van der Waals surface area contributed by atoms with Gasteiger partial charge in [-0.05, 0) is 37.4 Å². The lowest BCUT2D eigenvalue weighted by Crippen LogP contribution is -2.41. The van der Waals surface area contributed by atoms with E-state index < -0.39 is 6.10 Å². The van der Waals surface area contributed by atoms with E-state index >= 15 is 0 Å². The number of rotatable bonds is 5. The lowest BCUT2D eigenvalue weighted by molar-refractivity contribution is 0.0537. The van der Waals surface area contributed by atoms with Crippen molar-refractivity contribution in [3.05, 3.63) is 30.3 Å². The van der Waals surface area contributed by atoms with Gasteiger partial charge in [0.05, 0.1) is 0 Å². The number of benzene rings is 1. The monoisotopic (exact) mass is 249 g/mol. The van der Waals surface area contributed by atoms with Gasteiger partial charge in [-0.25, -0.2) is 0 Å². The molecule has 100 valence electrons. The zero-order valence-corrected chi connectivity index (χ0v) is 11.1. The van der Waals surface area contributed by atoms with Gasteiger partial charge in [0.2, 0.25) is 0 Å². The molecular formula is C15H23NO2. The number of piperidine rings is 1. The van der Waals surface area contributed by atoms with Crippen molar-refractivity contribution in [2.24, 2.45) is 5.92 Å². The number of aliphatic hydroxyl groups is 1. The number of para-hydroxylation sites is 1. The molecule has 0 bridgehead atoms. The van der Waals surface area contributed by atoms with E-state index in [2.05, 4.69) is 11.8 Å². The molecule has 3 heteroatoms. The average Bonchev–Trinajstić information content (AvgIpc) is 2.38. The largest absolute Gasteiger partial charge is 0.491 e. The van der Waals surface area contributed by atoms with Gasteiger partial charge in [-0.2, -0.15) is 0 Å². The summed E-state index contributed by atoms with van der Waals surface area (Å²) in [5.74, 6) is 1.57. The first-order chi connectivity index (χ1) is 8.74. The molecule has 0 radical (unpaired) electrons. The Labute approximate surface area is 109 Å². The molecule has 0 aromatic heterocycles. The molecule has 2 rings (SSSR count). The van der Waals surface area contributed by atoms with Gasteiger partial charge in [0.1, 0.15) is 18.5 Å². The third kappa shape index (κ3) is 4.31. The van der Waals surface area contributed by atoms with E-state index in [0.29, 0.717) is 6.61 Å². The highest BCUT2D eigenvalue weighted by molar-refractivity contribution is 5.20. The fraction of sp³-hybridized carbons (Fsp3) is 0.600. The van der Waals surface area contributed by atoms with Crippen molar-refractivity contribution >= 4 is 0 Å². The quantitative estimate of drug-likeness (QED) is 0.868. The Kier molecular flexibility index (Phi) is 5.02. The third-order valence-electron chi connectivity index (χ3n) is 3.40. The summed E-state index contributed by atoms with van der Waals surface area (Å²) in [6.45, 7) is 5.57. The number of hydrogen-bond donors (Lipinski definition) is 1. The second-order valence-corrected chi connectivity index (χ2v) is 5.28. The Morgan fingerprint density at radius 2 is 2.17 bits per heavy atom. The first-order valence-corrected chi connectivity index (χ1v) is 6.82. The second-order valence-electron chi connectivity index (χ2n) is 5.28. The molecule has 3 nitrogen and oxygen atoms in total. The van der Waals surface area contributed by atoms with Crippen LogP contribution in [0.4, 0.5) is 0 Å². The Hall–Kier alpha value is -1.06. The summed E-state index contributed by atoms with van der Waals surface area (Å²) >= 11 is 0. The van der Waals surface area contributed by atoms with E-state index in [9.17, 15) is 5.11 Å². The molecule has 0 amide bonds. The Morgan fingerprint density at radius 1 is 1.39 bits per heavy atom. The molecular weight excluding hydrogens is 226 g/mol. The van der Waals surface area contributed by atoms with Crippen molar-refractivity contribution in [1.29, 1.82) is 0 Å². The first kappa shape index (κ1) is 13.4. The molecule has 1 N–H and O–H groups in total. The lowest BCUT2D eigenvalue weighted by atomic mass is 10.0. The number of hydrogen-bond acceptors (Lipinski definition) is 3. The topological polar surface area (TPSA) is 32.7 Å². The van der Waals surface area contributed by atoms with Crippen LogP contribution in [0.25, 0.3) is 0 Å². The summed E-state index contributed by atoms with van der Waals surface area (Å²) in [7, 11) is 0. The van der Waals surface area contributed by atoms with Crippen LogP contribution in [-0.4, -0.2) is 42.4 Å². The molecule has 1 aromatic rings. The Balaban J connectivity index is 1.70. The summed E-state index contributed by atoms with van der Waals surface area (Å²) < 4.78 is 5.56. The van der Waals surface area contributed by atoms with E-state index in [1.54, 1.807) is 0 Å². The molecule has 1 aromatic carbocycles. The van der Waals surface area contributed by atoms with E-state index in [1.165, 1.54) is 12.8 Å². The maximum absolute atomic E-state index is 9.98. The normalized spacial score (nSPS) is 22.7. The molecule has 0 saturated carbocycles. The van der Waals surface area contributed by atoms with Gasteiger partial charge in [0.15, 0.2) is 0 Å². The van der Waals surface area contributed by atoms with Gasteiger partial charge in [0, 0.05) is 13.1 Å². The van der Waals surface area contributed by atoms with Crippen molar-refractivity contribution in [3.8, 4) is 5.75 Å². The smallest absolute Gasteiger partial charge is 0.119 e. The maximum atomic E-state index is 9.98. The highest BCUT2D eigenvalue weighted by Crippen LogP contribution is 2.15. The van der Waals surface area contributed by atoms with Crippen LogP contribution in [0.3, 0.4) is 0 Å². The van der Waals surface area contributed by atoms with Crippen molar-refractivity contribution in [2.45, 2.75) is 25.9 Å². The summed E-state index contributed by atoms with van der Waals surface area (Å²) in [5.41, 5.74) is 0. The zero-order chi connectivity index (χ0) is 12.8. The first-order valence-electron chi connectivity index (χ1n) is 6.82. The Bertz CT molecular complexity index is 342. The molecule has 18 heavy (non-hydrogen) atoms. The van der Waals surface area contributed by atoms with Gasteiger partial charge in [0.25, 0.3) is 0 Å². The molecule has 1 saturated heterocycles. The third-order valence-corrected chi connectivity index (χ3v) is 3.40. The summed E-state index contributed by atoms with van der Waals surface area (Å²) in [4.78, 5) is 2.34. The fourth-order valence-corrected chi connectivity index (χ4v) is 2.51. The van der Waals surface area contributed by atoms with E-state index in [0.717, 1.165) is 31.3 Å². The minimum atomic E-state index is -0.407. The van der Waals surface area contributed by atoms with Gasteiger partial charge in [-0.15, -0.1) is 0 Å². The van der Waals surface area contributed by atoms with Crippen LogP contribution in [0.1, 0.15) is 19.8 Å². The van der Waals surface area contributed by atoms with Crippen LogP contribution in [0, 0.1) is 5.92 Å². The summed E-state index contributed by atoms with van der Waals surface area (Å²) in [6.07, 6.45) is 2.15. The molecule has 0 unspecified atom stereocenters. The fourth-order valence-electron chi connectivity index (χ4n) is 2.51. The molecule has 0 aliphatic carbocycles. The number of ether oxygens (including phenoxy) is 1. The van der Waals surface area contributed by atoms with Gasteiger partial charge in [-0.1, -0.05) is 25.1 Å². The van der Waals surface area contributed by atoms with Crippen LogP contribution < -0.4 is 4.74 Å².